The number of rotatable bonds is 6. The fraction of sp³-hybridized carbons (Fsp3) is 0.182. The summed E-state index contributed by atoms with van der Waals surface area (Å²) in [4.78, 5) is 57.9. The number of anilines is 1. The number of imide groups is 1. The van der Waals surface area contributed by atoms with Crippen molar-refractivity contribution in [2.45, 2.75) is 19.8 Å². The molecule has 2 amide bonds. The van der Waals surface area contributed by atoms with Crippen LogP contribution in [0.15, 0.2) is 84.9 Å². The number of Topliss-reactive ketones (excluding diaryl/α,β-unsaturated/α-hetero) is 1. The van der Waals surface area contributed by atoms with Crippen LogP contribution >= 0.6 is 11.6 Å². The lowest BCUT2D eigenvalue weighted by atomic mass is 9.85. The number of benzene rings is 3. The van der Waals surface area contributed by atoms with Crippen molar-refractivity contribution in [2.24, 2.45) is 11.8 Å². The Balaban J connectivity index is 1.28. The van der Waals surface area contributed by atoms with E-state index in [4.69, 9.17) is 21.3 Å². The zero-order valence-corrected chi connectivity index (χ0v) is 22.9. The Morgan fingerprint density at radius 1 is 0.902 bits per heavy atom. The maximum Gasteiger partial charge on any atom is 0.339 e. The van der Waals surface area contributed by atoms with Gasteiger partial charge < -0.3 is 4.74 Å². The van der Waals surface area contributed by atoms with E-state index in [9.17, 15) is 19.2 Å². The number of nitrogens with zero attached hydrogens (tertiary/aromatic N) is 2. The highest BCUT2D eigenvalue weighted by Gasteiger charge is 2.47. The first kappa shape index (κ1) is 26.6. The number of carbonyl (C=O) groups excluding carboxylic acids is 4. The number of hydrogen-bond acceptors (Lipinski definition) is 6. The number of carbonyl (C=O) groups is 4. The maximum atomic E-state index is 13.3. The van der Waals surface area contributed by atoms with Gasteiger partial charge in [0, 0.05) is 21.5 Å². The summed E-state index contributed by atoms with van der Waals surface area (Å²) in [5.41, 5.74) is 3.93. The number of ether oxygens (including phenoxy) is 1. The van der Waals surface area contributed by atoms with Crippen molar-refractivity contribution in [2.75, 3.05) is 11.5 Å². The Bertz CT molecular complexity index is 1720. The highest BCUT2D eigenvalue weighted by Crippen LogP contribution is 2.38. The lowest BCUT2D eigenvalue weighted by Crippen LogP contribution is -2.30. The molecular formula is C33H25ClN2O5. The second kappa shape index (κ2) is 10.7. The zero-order chi connectivity index (χ0) is 28.7. The Labute approximate surface area is 241 Å². The number of aryl methyl sites for hydroxylation is 1. The lowest BCUT2D eigenvalue weighted by molar-refractivity contribution is -0.122. The molecule has 4 aromatic rings. The van der Waals surface area contributed by atoms with E-state index in [-0.39, 0.29) is 35.0 Å². The van der Waals surface area contributed by atoms with Crippen LogP contribution in [-0.2, 0) is 14.3 Å². The SMILES string of the molecule is Cc1ccc2nc(-c3ccc(N4C(=O)[C@H]5CC=CC[C@@H]5C4=O)cc3)cc(C(=O)OCC(=O)c3ccc(Cl)cc3)c2c1. The summed E-state index contributed by atoms with van der Waals surface area (Å²) in [6.45, 7) is 1.49. The minimum Gasteiger partial charge on any atom is -0.454 e. The molecule has 3 aromatic carbocycles. The van der Waals surface area contributed by atoms with Crippen molar-refractivity contribution < 1.29 is 23.9 Å². The summed E-state index contributed by atoms with van der Waals surface area (Å²) in [6, 6.07) is 20.6. The summed E-state index contributed by atoms with van der Waals surface area (Å²) in [5, 5.41) is 1.12. The van der Waals surface area contributed by atoms with Gasteiger partial charge in [0.15, 0.2) is 12.4 Å². The molecule has 1 fully saturated rings. The second-order valence-corrected chi connectivity index (χ2v) is 10.7. The van der Waals surface area contributed by atoms with Crippen molar-refractivity contribution in [3.05, 3.63) is 107 Å². The van der Waals surface area contributed by atoms with Crippen LogP contribution in [0.1, 0.15) is 39.1 Å². The third kappa shape index (κ3) is 5.05. The van der Waals surface area contributed by atoms with E-state index in [2.05, 4.69) is 0 Å². The van der Waals surface area contributed by atoms with Gasteiger partial charge in [-0.05, 0) is 74.4 Å². The van der Waals surface area contributed by atoms with Crippen LogP contribution in [0, 0.1) is 18.8 Å². The molecule has 1 aliphatic carbocycles. The Kier molecular flexibility index (Phi) is 6.97. The Morgan fingerprint density at radius 3 is 2.22 bits per heavy atom. The Hall–Kier alpha value is -4.62. The van der Waals surface area contributed by atoms with Crippen LogP contribution in [-0.4, -0.2) is 35.2 Å². The van der Waals surface area contributed by atoms with Crippen LogP contribution in [0.3, 0.4) is 0 Å². The summed E-state index contributed by atoms with van der Waals surface area (Å²) in [5.74, 6) is -1.95. The van der Waals surface area contributed by atoms with E-state index in [1.54, 1.807) is 54.6 Å². The molecular weight excluding hydrogens is 540 g/mol. The van der Waals surface area contributed by atoms with Gasteiger partial charge in [-0.3, -0.25) is 19.3 Å². The van der Waals surface area contributed by atoms with Gasteiger partial charge in [-0.15, -0.1) is 0 Å². The highest BCUT2D eigenvalue weighted by atomic mass is 35.5. The molecule has 0 radical (unpaired) electrons. The molecule has 2 aliphatic rings. The highest BCUT2D eigenvalue weighted by molar-refractivity contribution is 6.30. The largest absolute Gasteiger partial charge is 0.454 e. The quantitative estimate of drug-likeness (QED) is 0.117. The van der Waals surface area contributed by atoms with Crippen LogP contribution in [0.25, 0.3) is 22.2 Å². The molecule has 204 valence electrons. The first-order valence-corrected chi connectivity index (χ1v) is 13.7. The first-order chi connectivity index (χ1) is 19.8. The monoisotopic (exact) mass is 564 g/mol. The third-order valence-corrected chi connectivity index (χ3v) is 7.87. The van der Waals surface area contributed by atoms with Gasteiger partial charge in [0.1, 0.15) is 0 Å². The van der Waals surface area contributed by atoms with E-state index >= 15 is 0 Å². The average Bonchev–Trinajstić information content (AvgIpc) is 3.25. The summed E-state index contributed by atoms with van der Waals surface area (Å²) >= 11 is 5.90. The van der Waals surface area contributed by atoms with Crippen LogP contribution in [0.4, 0.5) is 5.69 Å². The standard InChI is InChI=1S/C33H25ClN2O5/c1-19-6-15-28-26(16-19)27(33(40)41-18-30(37)21-7-11-22(34)12-8-21)17-29(35-28)20-9-13-23(14-10-20)36-31(38)24-4-2-3-5-25(24)32(36)39/h2-3,6-17,24-25H,4-5,18H2,1H3/t24-,25-/m0/s1. The van der Waals surface area contributed by atoms with Gasteiger partial charge in [-0.25, -0.2) is 9.78 Å². The van der Waals surface area contributed by atoms with Crippen LogP contribution in [0.2, 0.25) is 5.02 Å². The van der Waals surface area contributed by atoms with Crippen molar-refractivity contribution in [3.8, 4) is 11.3 Å². The third-order valence-electron chi connectivity index (χ3n) is 7.61. The first-order valence-electron chi connectivity index (χ1n) is 13.3. The number of fused-ring (bicyclic) bond motifs is 2. The van der Waals surface area contributed by atoms with Gasteiger partial charge in [-0.1, -0.05) is 47.5 Å². The number of amides is 2. The smallest absolute Gasteiger partial charge is 0.339 e. The molecule has 0 saturated carbocycles. The normalized spacial score (nSPS) is 18.0. The van der Waals surface area contributed by atoms with Gasteiger partial charge >= 0.3 is 5.97 Å². The fourth-order valence-electron chi connectivity index (χ4n) is 5.42. The summed E-state index contributed by atoms with van der Waals surface area (Å²) in [7, 11) is 0. The van der Waals surface area contributed by atoms with Crippen LogP contribution in [0.5, 0.6) is 0 Å². The number of halogens is 1. The van der Waals surface area contributed by atoms with E-state index in [0.29, 0.717) is 51.3 Å². The summed E-state index contributed by atoms with van der Waals surface area (Å²) < 4.78 is 5.43. The van der Waals surface area contributed by atoms with Crippen LogP contribution < -0.4 is 4.90 Å². The lowest BCUT2D eigenvalue weighted by Gasteiger charge is -2.15. The van der Waals surface area contributed by atoms with Crippen molar-refractivity contribution in [3.63, 3.8) is 0 Å². The summed E-state index contributed by atoms with van der Waals surface area (Å²) in [6.07, 6.45) is 5.08. The molecule has 1 aliphatic heterocycles. The molecule has 0 spiro atoms. The maximum absolute atomic E-state index is 13.3. The topological polar surface area (TPSA) is 93.6 Å². The number of ketones is 1. The predicted molar refractivity (Wildman–Crippen MR) is 156 cm³/mol. The molecule has 2 heterocycles. The molecule has 1 saturated heterocycles. The van der Waals surface area contributed by atoms with Gasteiger partial charge in [0.25, 0.3) is 0 Å². The van der Waals surface area contributed by atoms with Crippen molar-refractivity contribution in [1.29, 1.82) is 0 Å². The van der Waals surface area contributed by atoms with Crippen molar-refractivity contribution >= 4 is 51.8 Å². The molecule has 0 bridgehead atoms. The molecule has 0 N–H and O–H groups in total. The number of allylic oxidation sites excluding steroid dienone is 2. The van der Waals surface area contributed by atoms with E-state index in [1.807, 2.05) is 37.3 Å². The average molecular weight is 565 g/mol. The minimum absolute atomic E-state index is 0.172. The minimum atomic E-state index is -0.646. The molecule has 6 rings (SSSR count). The number of esters is 1. The fourth-order valence-corrected chi connectivity index (χ4v) is 5.55. The predicted octanol–water partition coefficient (Wildman–Crippen LogP) is 6.36. The Morgan fingerprint density at radius 2 is 1.56 bits per heavy atom. The molecule has 0 unspecified atom stereocenters. The van der Waals surface area contributed by atoms with Gasteiger partial charge in [-0.2, -0.15) is 0 Å². The van der Waals surface area contributed by atoms with Gasteiger partial charge in [0.05, 0.1) is 34.3 Å². The van der Waals surface area contributed by atoms with E-state index in [0.717, 1.165) is 5.56 Å². The molecule has 2 atom stereocenters. The van der Waals surface area contributed by atoms with Crippen molar-refractivity contribution in [1.82, 2.24) is 4.98 Å². The number of hydrogen-bond donors (Lipinski definition) is 0. The number of aromatic nitrogens is 1. The van der Waals surface area contributed by atoms with E-state index in [1.165, 1.54) is 4.90 Å². The molecule has 41 heavy (non-hydrogen) atoms. The van der Waals surface area contributed by atoms with Gasteiger partial charge in [0.2, 0.25) is 11.8 Å². The number of pyridine rings is 1. The molecule has 7 nitrogen and oxygen atoms in total. The van der Waals surface area contributed by atoms with E-state index < -0.39 is 12.6 Å². The second-order valence-electron chi connectivity index (χ2n) is 10.3. The zero-order valence-electron chi connectivity index (χ0n) is 22.2. The molecule has 1 aromatic heterocycles. The molecule has 8 heteroatoms.